The van der Waals surface area contributed by atoms with Crippen molar-refractivity contribution in [3.05, 3.63) is 48.7 Å². The molecule has 8 nitrogen and oxygen atoms in total. The monoisotopic (exact) mass is 354 g/mol. The van der Waals surface area contributed by atoms with Crippen LogP contribution in [-0.2, 0) is 11.3 Å². The van der Waals surface area contributed by atoms with E-state index in [1.807, 2.05) is 18.2 Å². The molecule has 1 fully saturated rings. The molecule has 0 bridgehead atoms. The molecule has 0 atom stereocenters. The van der Waals surface area contributed by atoms with E-state index < -0.39 is 5.97 Å². The van der Waals surface area contributed by atoms with E-state index in [-0.39, 0.29) is 12.5 Å². The van der Waals surface area contributed by atoms with Crippen molar-refractivity contribution >= 4 is 28.6 Å². The highest BCUT2D eigenvalue weighted by Crippen LogP contribution is 2.23. The fraction of sp³-hybridized carbons (Fsp3) is 0.278. The highest BCUT2D eigenvalue weighted by atomic mass is 16.4. The lowest BCUT2D eigenvalue weighted by Gasteiger charge is -2.35. The van der Waals surface area contributed by atoms with E-state index in [1.54, 1.807) is 27.9 Å². The predicted molar refractivity (Wildman–Crippen MR) is 94.2 cm³/mol. The topological polar surface area (TPSA) is 91.8 Å². The summed E-state index contributed by atoms with van der Waals surface area (Å²) in [6, 6.07) is 9.20. The standard InChI is InChI=1S/C18H18N4O4/c23-17(24)11-22-12-19-14-10-13(3-4-15(14)22)20-5-7-21(8-6-20)18(25)16-2-1-9-26-16/h1-4,9-10,12H,5-8,11H2,(H,23,24). The Morgan fingerprint density at radius 3 is 2.65 bits per heavy atom. The van der Waals surface area contributed by atoms with Gasteiger partial charge in [0.05, 0.1) is 23.6 Å². The molecule has 1 aliphatic rings. The van der Waals surface area contributed by atoms with Gasteiger partial charge in [0.2, 0.25) is 0 Å². The summed E-state index contributed by atoms with van der Waals surface area (Å²) in [6.45, 7) is 2.56. The number of fused-ring (bicyclic) bond motifs is 1. The molecule has 1 amide bonds. The van der Waals surface area contributed by atoms with Crippen LogP contribution in [0.25, 0.3) is 11.0 Å². The zero-order valence-corrected chi connectivity index (χ0v) is 14.0. The number of hydrogen-bond acceptors (Lipinski definition) is 5. The Morgan fingerprint density at radius 1 is 1.15 bits per heavy atom. The number of carboxylic acids is 1. The maximum atomic E-state index is 12.3. The molecule has 1 aliphatic heterocycles. The van der Waals surface area contributed by atoms with Gasteiger partial charge in [-0.25, -0.2) is 4.98 Å². The van der Waals surface area contributed by atoms with Gasteiger partial charge in [-0.05, 0) is 30.3 Å². The SMILES string of the molecule is O=C(O)Cn1cnc2cc(N3CCN(C(=O)c4ccco4)CC3)ccc21. The van der Waals surface area contributed by atoms with Gasteiger partial charge in [0.15, 0.2) is 5.76 Å². The number of imidazole rings is 1. The van der Waals surface area contributed by atoms with Crippen LogP contribution in [0.2, 0.25) is 0 Å². The van der Waals surface area contributed by atoms with Gasteiger partial charge in [-0.15, -0.1) is 0 Å². The van der Waals surface area contributed by atoms with E-state index in [2.05, 4.69) is 9.88 Å². The number of carbonyl (C=O) groups is 2. The van der Waals surface area contributed by atoms with Gasteiger partial charge < -0.3 is 23.9 Å². The minimum absolute atomic E-state index is 0.0856. The summed E-state index contributed by atoms with van der Waals surface area (Å²) in [5.74, 6) is -0.618. The number of furan rings is 1. The van der Waals surface area contributed by atoms with E-state index in [0.29, 0.717) is 31.9 Å². The Hall–Kier alpha value is -3.29. The lowest BCUT2D eigenvalue weighted by Crippen LogP contribution is -2.48. The fourth-order valence-electron chi connectivity index (χ4n) is 3.24. The van der Waals surface area contributed by atoms with Crippen LogP contribution in [-0.4, -0.2) is 57.6 Å². The number of hydrogen-bond donors (Lipinski definition) is 1. The van der Waals surface area contributed by atoms with Gasteiger partial charge in [-0.2, -0.15) is 0 Å². The number of carboxylic acid groups (broad SMARTS) is 1. The number of benzene rings is 1. The summed E-state index contributed by atoms with van der Waals surface area (Å²) in [7, 11) is 0. The quantitative estimate of drug-likeness (QED) is 0.766. The van der Waals surface area contributed by atoms with Crippen molar-refractivity contribution in [3.63, 3.8) is 0 Å². The van der Waals surface area contributed by atoms with Gasteiger partial charge in [0.25, 0.3) is 5.91 Å². The number of carbonyl (C=O) groups excluding carboxylic acids is 1. The summed E-state index contributed by atoms with van der Waals surface area (Å²) in [6.07, 6.45) is 3.05. The Bertz CT molecular complexity index is 939. The number of piperazine rings is 1. The van der Waals surface area contributed by atoms with Gasteiger partial charge >= 0.3 is 5.97 Å². The highest BCUT2D eigenvalue weighted by Gasteiger charge is 2.24. The number of aliphatic carboxylic acids is 1. The Morgan fingerprint density at radius 2 is 1.96 bits per heavy atom. The second-order valence-electron chi connectivity index (χ2n) is 6.20. The summed E-state index contributed by atoms with van der Waals surface area (Å²) >= 11 is 0. The van der Waals surface area contributed by atoms with Crippen LogP contribution in [0.4, 0.5) is 5.69 Å². The molecule has 1 aromatic carbocycles. The maximum absolute atomic E-state index is 12.3. The average Bonchev–Trinajstić information content (AvgIpc) is 3.31. The summed E-state index contributed by atoms with van der Waals surface area (Å²) < 4.78 is 6.79. The molecule has 4 rings (SSSR count). The zero-order valence-electron chi connectivity index (χ0n) is 14.0. The molecule has 0 unspecified atom stereocenters. The predicted octanol–water partition coefficient (Wildman–Crippen LogP) is 1.68. The zero-order chi connectivity index (χ0) is 18.1. The molecule has 0 saturated carbocycles. The van der Waals surface area contributed by atoms with Crippen LogP contribution in [0.1, 0.15) is 10.6 Å². The van der Waals surface area contributed by atoms with Crippen molar-refractivity contribution in [3.8, 4) is 0 Å². The van der Waals surface area contributed by atoms with Crippen LogP contribution in [0.3, 0.4) is 0 Å². The van der Waals surface area contributed by atoms with Gasteiger partial charge in [-0.3, -0.25) is 9.59 Å². The van der Waals surface area contributed by atoms with Crippen molar-refractivity contribution in [2.75, 3.05) is 31.1 Å². The number of nitrogens with zero attached hydrogens (tertiary/aromatic N) is 4. The smallest absolute Gasteiger partial charge is 0.323 e. The third kappa shape index (κ3) is 3.01. The Labute approximate surface area is 149 Å². The van der Waals surface area contributed by atoms with E-state index in [4.69, 9.17) is 9.52 Å². The minimum Gasteiger partial charge on any atom is -0.480 e. The molecule has 0 radical (unpaired) electrons. The normalized spacial score (nSPS) is 14.8. The molecule has 2 aromatic heterocycles. The van der Waals surface area contributed by atoms with E-state index in [1.165, 1.54) is 6.26 Å². The number of aromatic nitrogens is 2. The summed E-state index contributed by atoms with van der Waals surface area (Å²) in [4.78, 5) is 31.5. The largest absolute Gasteiger partial charge is 0.480 e. The molecule has 26 heavy (non-hydrogen) atoms. The first-order chi connectivity index (χ1) is 12.6. The second-order valence-corrected chi connectivity index (χ2v) is 6.20. The van der Waals surface area contributed by atoms with Crippen LogP contribution < -0.4 is 4.90 Å². The molecule has 134 valence electrons. The lowest BCUT2D eigenvalue weighted by molar-refractivity contribution is -0.137. The first kappa shape index (κ1) is 16.2. The lowest BCUT2D eigenvalue weighted by atomic mass is 10.2. The third-order valence-electron chi connectivity index (χ3n) is 4.57. The van der Waals surface area contributed by atoms with Crippen molar-refractivity contribution < 1.29 is 19.1 Å². The van der Waals surface area contributed by atoms with Crippen LogP contribution >= 0.6 is 0 Å². The molecule has 1 saturated heterocycles. The molecular weight excluding hydrogens is 336 g/mol. The first-order valence-corrected chi connectivity index (χ1v) is 8.36. The summed E-state index contributed by atoms with van der Waals surface area (Å²) in [5, 5.41) is 8.95. The molecule has 3 heterocycles. The third-order valence-corrected chi connectivity index (χ3v) is 4.57. The second kappa shape index (κ2) is 6.55. The average molecular weight is 354 g/mol. The number of rotatable bonds is 4. The van der Waals surface area contributed by atoms with Crippen molar-refractivity contribution in [2.24, 2.45) is 0 Å². The van der Waals surface area contributed by atoms with E-state index in [0.717, 1.165) is 16.7 Å². The van der Waals surface area contributed by atoms with Crippen LogP contribution in [0.15, 0.2) is 47.3 Å². The van der Waals surface area contributed by atoms with Crippen LogP contribution in [0, 0.1) is 0 Å². The molecular formula is C18H18N4O4. The van der Waals surface area contributed by atoms with Crippen molar-refractivity contribution in [1.29, 1.82) is 0 Å². The van der Waals surface area contributed by atoms with Crippen LogP contribution in [0.5, 0.6) is 0 Å². The molecule has 1 N–H and O–H groups in total. The molecule has 0 aliphatic carbocycles. The Balaban J connectivity index is 1.46. The highest BCUT2D eigenvalue weighted by molar-refractivity contribution is 5.91. The number of amides is 1. The fourth-order valence-corrected chi connectivity index (χ4v) is 3.24. The van der Waals surface area contributed by atoms with Crippen molar-refractivity contribution in [2.45, 2.75) is 6.54 Å². The summed E-state index contributed by atoms with van der Waals surface area (Å²) in [5.41, 5.74) is 2.57. The minimum atomic E-state index is -0.897. The first-order valence-electron chi connectivity index (χ1n) is 8.36. The molecule has 3 aromatic rings. The molecule has 0 spiro atoms. The van der Waals surface area contributed by atoms with Gasteiger partial charge in [-0.1, -0.05) is 0 Å². The maximum Gasteiger partial charge on any atom is 0.323 e. The van der Waals surface area contributed by atoms with Gasteiger partial charge in [0.1, 0.15) is 6.54 Å². The Kier molecular flexibility index (Phi) is 4.08. The number of anilines is 1. The van der Waals surface area contributed by atoms with Gasteiger partial charge in [0, 0.05) is 31.9 Å². The van der Waals surface area contributed by atoms with E-state index >= 15 is 0 Å². The van der Waals surface area contributed by atoms with Crippen molar-refractivity contribution in [1.82, 2.24) is 14.5 Å². The van der Waals surface area contributed by atoms with E-state index in [9.17, 15) is 9.59 Å². The molecule has 8 heteroatoms.